The molecule has 0 saturated carbocycles. The van der Waals surface area contributed by atoms with Gasteiger partial charge >= 0.3 is 0 Å². The summed E-state index contributed by atoms with van der Waals surface area (Å²) in [5.74, 6) is 0.751. The minimum absolute atomic E-state index is 0.0545. The summed E-state index contributed by atoms with van der Waals surface area (Å²) in [5.41, 5.74) is 3.69. The first-order valence-electron chi connectivity index (χ1n) is 7.18. The molecular weight excluding hydrogens is 294 g/mol. The zero-order chi connectivity index (χ0) is 15.9. The molecule has 0 aliphatic carbocycles. The number of rotatable bonds is 4. The van der Waals surface area contributed by atoms with E-state index >= 15 is 0 Å². The molecule has 0 unspecified atom stereocenters. The van der Waals surface area contributed by atoms with Crippen LogP contribution in [0.5, 0.6) is 0 Å². The highest BCUT2D eigenvalue weighted by Crippen LogP contribution is 2.12. The lowest BCUT2D eigenvalue weighted by atomic mass is 10.2. The minimum Gasteiger partial charge on any atom is -0.378 e. The van der Waals surface area contributed by atoms with E-state index < -0.39 is 0 Å². The summed E-state index contributed by atoms with van der Waals surface area (Å²) in [7, 11) is 0. The Kier molecular flexibility index (Phi) is 4.71. The van der Waals surface area contributed by atoms with Crippen LogP contribution in [0.4, 0.5) is 11.9 Å². The second-order valence-electron chi connectivity index (χ2n) is 4.77. The Labute approximate surface area is 133 Å². The van der Waals surface area contributed by atoms with Gasteiger partial charge in [-0.1, -0.05) is 30.3 Å². The van der Waals surface area contributed by atoms with Gasteiger partial charge in [-0.15, -0.1) is 0 Å². The van der Waals surface area contributed by atoms with Crippen molar-refractivity contribution in [3.05, 3.63) is 41.7 Å². The highest BCUT2D eigenvalue weighted by Gasteiger charge is 2.16. The Morgan fingerprint density at radius 2 is 1.96 bits per heavy atom. The molecule has 2 heterocycles. The number of nitrogens with zero attached hydrogens (tertiary/aromatic N) is 6. The quantitative estimate of drug-likeness (QED) is 0.665. The molecule has 2 aromatic rings. The van der Waals surface area contributed by atoms with Crippen molar-refractivity contribution in [2.45, 2.75) is 0 Å². The highest BCUT2D eigenvalue weighted by atomic mass is 16.5. The largest absolute Gasteiger partial charge is 0.378 e. The fourth-order valence-corrected chi connectivity index (χ4v) is 2.07. The van der Waals surface area contributed by atoms with Crippen LogP contribution in [0.3, 0.4) is 0 Å². The topological polar surface area (TPSA) is 99.3 Å². The van der Waals surface area contributed by atoms with Crippen molar-refractivity contribution < 1.29 is 4.74 Å². The van der Waals surface area contributed by atoms with Crippen molar-refractivity contribution in [3.63, 3.8) is 0 Å². The fourth-order valence-electron chi connectivity index (χ4n) is 2.07. The lowest BCUT2D eigenvalue weighted by Gasteiger charge is -2.26. The van der Waals surface area contributed by atoms with Gasteiger partial charge in [0, 0.05) is 13.1 Å². The first kappa shape index (κ1) is 14.9. The van der Waals surface area contributed by atoms with Crippen LogP contribution >= 0.6 is 0 Å². The predicted octanol–water partition coefficient (Wildman–Crippen LogP) is 1.03. The van der Waals surface area contributed by atoms with E-state index in [1.54, 1.807) is 6.21 Å². The monoisotopic (exact) mass is 309 g/mol. The lowest BCUT2D eigenvalue weighted by Crippen LogP contribution is -2.37. The molecule has 0 radical (unpaired) electrons. The van der Waals surface area contributed by atoms with Crippen molar-refractivity contribution in [1.29, 1.82) is 5.26 Å². The Morgan fingerprint density at radius 1 is 1.17 bits per heavy atom. The van der Waals surface area contributed by atoms with Crippen molar-refractivity contribution in [1.82, 2.24) is 15.0 Å². The minimum atomic E-state index is 0.0545. The van der Waals surface area contributed by atoms with E-state index in [0.29, 0.717) is 32.3 Å². The van der Waals surface area contributed by atoms with Crippen LogP contribution < -0.4 is 10.3 Å². The third kappa shape index (κ3) is 3.99. The molecule has 0 amide bonds. The van der Waals surface area contributed by atoms with Gasteiger partial charge in [-0.3, -0.25) is 0 Å². The zero-order valence-electron chi connectivity index (χ0n) is 12.4. The normalized spacial score (nSPS) is 14.7. The smallest absolute Gasteiger partial charge is 0.249 e. The second kappa shape index (κ2) is 7.29. The van der Waals surface area contributed by atoms with Crippen LogP contribution in [0, 0.1) is 11.3 Å². The zero-order valence-corrected chi connectivity index (χ0v) is 12.4. The molecule has 1 aliphatic rings. The van der Waals surface area contributed by atoms with Gasteiger partial charge in [-0.2, -0.15) is 25.3 Å². The number of anilines is 2. The maximum Gasteiger partial charge on any atom is 0.249 e. The number of benzene rings is 1. The summed E-state index contributed by atoms with van der Waals surface area (Å²) in [6.45, 7) is 2.59. The molecular formula is C15H15N7O. The van der Waals surface area contributed by atoms with E-state index in [4.69, 9.17) is 10.00 Å². The van der Waals surface area contributed by atoms with Crippen molar-refractivity contribution in [2.75, 3.05) is 36.6 Å². The van der Waals surface area contributed by atoms with Gasteiger partial charge in [0.25, 0.3) is 0 Å². The van der Waals surface area contributed by atoms with Gasteiger partial charge in [0.1, 0.15) is 6.07 Å². The number of hydrogen-bond acceptors (Lipinski definition) is 8. The van der Waals surface area contributed by atoms with E-state index in [1.165, 1.54) is 0 Å². The molecule has 0 atom stereocenters. The number of aromatic nitrogens is 3. The van der Waals surface area contributed by atoms with Gasteiger partial charge in [-0.25, -0.2) is 5.43 Å². The first-order chi connectivity index (χ1) is 11.3. The summed E-state index contributed by atoms with van der Waals surface area (Å²) in [5, 5.41) is 13.2. The molecule has 1 aliphatic heterocycles. The Bertz CT molecular complexity index is 720. The highest BCUT2D eigenvalue weighted by molar-refractivity contribution is 5.79. The van der Waals surface area contributed by atoms with Crippen LogP contribution in [0.15, 0.2) is 35.4 Å². The molecule has 116 valence electrons. The average molecular weight is 309 g/mol. The van der Waals surface area contributed by atoms with E-state index in [0.717, 1.165) is 5.56 Å². The van der Waals surface area contributed by atoms with E-state index in [9.17, 15) is 0 Å². The summed E-state index contributed by atoms with van der Waals surface area (Å²) < 4.78 is 5.30. The summed E-state index contributed by atoms with van der Waals surface area (Å²) in [6.07, 6.45) is 1.66. The molecule has 1 N–H and O–H groups in total. The SMILES string of the molecule is N#Cc1nc(N/N=C/c2ccccc2)nc(N2CCOCC2)n1. The van der Waals surface area contributed by atoms with E-state index in [2.05, 4.69) is 25.5 Å². The molecule has 8 heteroatoms. The van der Waals surface area contributed by atoms with Crippen molar-refractivity contribution in [2.24, 2.45) is 5.10 Å². The van der Waals surface area contributed by atoms with Crippen molar-refractivity contribution >= 4 is 18.1 Å². The van der Waals surface area contributed by atoms with E-state index in [1.807, 2.05) is 41.3 Å². The lowest BCUT2D eigenvalue weighted by molar-refractivity contribution is 0.122. The van der Waals surface area contributed by atoms with E-state index in [-0.39, 0.29) is 11.8 Å². The molecule has 1 aromatic carbocycles. The van der Waals surface area contributed by atoms with Gasteiger partial charge < -0.3 is 9.64 Å². The Hall–Kier alpha value is -3.05. The number of nitriles is 1. The number of morpholine rings is 1. The van der Waals surface area contributed by atoms with Crippen LogP contribution in [0.25, 0.3) is 0 Å². The molecule has 8 nitrogen and oxygen atoms in total. The number of hydrazone groups is 1. The first-order valence-corrected chi connectivity index (χ1v) is 7.18. The molecule has 1 fully saturated rings. The molecule has 1 saturated heterocycles. The maximum absolute atomic E-state index is 9.08. The average Bonchev–Trinajstić information content (AvgIpc) is 2.63. The molecule has 1 aromatic heterocycles. The molecule has 23 heavy (non-hydrogen) atoms. The maximum atomic E-state index is 9.08. The number of nitrogens with one attached hydrogen (secondary N) is 1. The molecule has 3 rings (SSSR count). The summed E-state index contributed by atoms with van der Waals surface area (Å²) >= 11 is 0. The van der Waals surface area contributed by atoms with Crippen molar-refractivity contribution in [3.8, 4) is 6.07 Å². The third-order valence-corrected chi connectivity index (χ3v) is 3.20. The second-order valence-corrected chi connectivity index (χ2v) is 4.77. The number of hydrogen-bond donors (Lipinski definition) is 1. The van der Waals surface area contributed by atoms with Crippen LogP contribution in [0.2, 0.25) is 0 Å². The molecule has 0 spiro atoms. The van der Waals surface area contributed by atoms with Crippen LogP contribution in [-0.4, -0.2) is 47.5 Å². The van der Waals surface area contributed by atoms with Gasteiger partial charge in [0.2, 0.25) is 17.7 Å². The summed E-state index contributed by atoms with van der Waals surface area (Å²) in [4.78, 5) is 14.4. The summed E-state index contributed by atoms with van der Waals surface area (Å²) in [6, 6.07) is 11.6. The molecule has 0 bridgehead atoms. The van der Waals surface area contributed by atoms with Gasteiger partial charge in [-0.05, 0) is 5.56 Å². The van der Waals surface area contributed by atoms with Gasteiger partial charge in [0.05, 0.1) is 19.4 Å². The van der Waals surface area contributed by atoms with Crippen LogP contribution in [-0.2, 0) is 4.74 Å². The Balaban J connectivity index is 1.76. The predicted molar refractivity (Wildman–Crippen MR) is 85.2 cm³/mol. The fraction of sp³-hybridized carbons (Fsp3) is 0.267. The Morgan fingerprint density at radius 3 is 2.70 bits per heavy atom. The number of ether oxygens (including phenoxy) is 1. The third-order valence-electron chi connectivity index (χ3n) is 3.20. The standard InChI is InChI=1S/C15H15N7O/c16-10-13-18-14(21-17-11-12-4-2-1-3-5-12)20-15(19-13)22-6-8-23-9-7-22/h1-5,11H,6-9H2,(H,18,19,20,21)/b17-11+. The van der Waals surface area contributed by atoms with Gasteiger partial charge in [0.15, 0.2) is 0 Å². The van der Waals surface area contributed by atoms with Crippen LogP contribution in [0.1, 0.15) is 11.4 Å².